The molecule has 0 bridgehead atoms. The summed E-state index contributed by atoms with van der Waals surface area (Å²) in [5.74, 6) is -0.0135. The Balaban J connectivity index is 2.32. The molecule has 92 valence electrons. The van der Waals surface area contributed by atoms with Crippen LogP contribution in [0.3, 0.4) is 0 Å². The standard InChI is InChI=1S/C14H12O4/c15-11-5-6-13(17)10(7-11)2-1-9-3-4-12(16)8-14(9)18/h1-8,15-18H. The first kappa shape index (κ1) is 11.9. The number of hydrogen-bond donors (Lipinski definition) is 4. The summed E-state index contributed by atoms with van der Waals surface area (Å²) < 4.78 is 0. The van der Waals surface area contributed by atoms with Crippen LogP contribution in [-0.2, 0) is 0 Å². The van der Waals surface area contributed by atoms with E-state index in [1.807, 2.05) is 0 Å². The summed E-state index contributed by atoms with van der Waals surface area (Å²) in [5.41, 5.74) is 0.929. The number of benzene rings is 2. The van der Waals surface area contributed by atoms with Crippen LogP contribution in [0.15, 0.2) is 36.4 Å². The van der Waals surface area contributed by atoms with Crippen LogP contribution in [0.25, 0.3) is 12.2 Å². The third-order valence-corrected chi connectivity index (χ3v) is 2.47. The molecular weight excluding hydrogens is 232 g/mol. The van der Waals surface area contributed by atoms with Crippen molar-refractivity contribution in [3.8, 4) is 23.0 Å². The molecule has 2 aromatic carbocycles. The molecule has 0 aromatic heterocycles. The van der Waals surface area contributed by atoms with Gasteiger partial charge in [0.05, 0.1) is 0 Å². The molecule has 4 N–H and O–H groups in total. The fourth-order valence-corrected chi connectivity index (χ4v) is 1.53. The van der Waals surface area contributed by atoms with E-state index in [-0.39, 0.29) is 23.0 Å². The second-order valence-corrected chi connectivity index (χ2v) is 3.82. The molecule has 0 saturated carbocycles. The minimum Gasteiger partial charge on any atom is -0.508 e. The second-order valence-electron chi connectivity index (χ2n) is 3.82. The molecule has 0 unspecified atom stereocenters. The molecule has 2 aromatic rings. The van der Waals surface area contributed by atoms with Crippen LogP contribution in [-0.4, -0.2) is 20.4 Å². The van der Waals surface area contributed by atoms with Gasteiger partial charge in [0.25, 0.3) is 0 Å². The zero-order valence-corrected chi connectivity index (χ0v) is 9.41. The van der Waals surface area contributed by atoms with E-state index in [4.69, 9.17) is 5.11 Å². The van der Waals surface area contributed by atoms with E-state index in [2.05, 4.69) is 0 Å². The maximum atomic E-state index is 9.57. The molecule has 0 atom stereocenters. The predicted octanol–water partition coefficient (Wildman–Crippen LogP) is 2.68. The lowest BCUT2D eigenvalue weighted by atomic mass is 10.1. The first-order valence-electron chi connectivity index (χ1n) is 5.28. The van der Waals surface area contributed by atoms with Gasteiger partial charge < -0.3 is 20.4 Å². The third kappa shape index (κ3) is 2.55. The van der Waals surface area contributed by atoms with Gasteiger partial charge in [-0.2, -0.15) is 0 Å². The minimum atomic E-state index is -0.0640. The van der Waals surface area contributed by atoms with Gasteiger partial charge in [-0.15, -0.1) is 0 Å². The van der Waals surface area contributed by atoms with E-state index in [0.717, 1.165) is 0 Å². The first-order chi connectivity index (χ1) is 8.56. The fraction of sp³-hybridized carbons (Fsp3) is 0. The lowest BCUT2D eigenvalue weighted by Crippen LogP contribution is -1.77. The molecule has 4 nitrogen and oxygen atoms in total. The number of hydrogen-bond acceptors (Lipinski definition) is 4. The molecule has 2 rings (SSSR count). The van der Waals surface area contributed by atoms with Gasteiger partial charge in [-0.1, -0.05) is 12.2 Å². The number of aromatic hydroxyl groups is 4. The van der Waals surface area contributed by atoms with Gasteiger partial charge in [-0.3, -0.25) is 0 Å². The van der Waals surface area contributed by atoms with Crippen LogP contribution in [0.4, 0.5) is 0 Å². The summed E-state index contributed by atoms with van der Waals surface area (Å²) in [4.78, 5) is 0. The highest BCUT2D eigenvalue weighted by Gasteiger charge is 2.01. The summed E-state index contributed by atoms with van der Waals surface area (Å²) >= 11 is 0. The van der Waals surface area contributed by atoms with E-state index >= 15 is 0 Å². The molecule has 0 saturated heterocycles. The second kappa shape index (κ2) is 4.71. The average molecular weight is 244 g/mol. The molecule has 0 aliphatic carbocycles. The maximum Gasteiger partial charge on any atom is 0.126 e. The van der Waals surface area contributed by atoms with Gasteiger partial charge in [0, 0.05) is 17.2 Å². The van der Waals surface area contributed by atoms with Crippen molar-refractivity contribution in [3.05, 3.63) is 47.5 Å². The Kier molecular flexibility index (Phi) is 3.10. The van der Waals surface area contributed by atoms with Gasteiger partial charge in [0.15, 0.2) is 0 Å². The molecule has 0 amide bonds. The van der Waals surface area contributed by atoms with Gasteiger partial charge in [0.2, 0.25) is 0 Å². The predicted molar refractivity (Wildman–Crippen MR) is 68.5 cm³/mol. The number of phenols is 4. The Morgan fingerprint density at radius 2 is 1.22 bits per heavy atom. The largest absolute Gasteiger partial charge is 0.508 e. The molecule has 0 radical (unpaired) electrons. The van der Waals surface area contributed by atoms with Crippen molar-refractivity contribution < 1.29 is 20.4 Å². The maximum absolute atomic E-state index is 9.57. The van der Waals surface area contributed by atoms with E-state index in [1.165, 1.54) is 30.3 Å². The zero-order chi connectivity index (χ0) is 13.1. The highest BCUT2D eigenvalue weighted by atomic mass is 16.3. The van der Waals surface area contributed by atoms with Crippen molar-refractivity contribution in [1.29, 1.82) is 0 Å². The fourth-order valence-electron chi connectivity index (χ4n) is 1.53. The summed E-state index contributed by atoms with van der Waals surface area (Å²) in [6.45, 7) is 0. The summed E-state index contributed by atoms with van der Waals surface area (Å²) in [6.07, 6.45) is 3.13. The molecule has 0 heterocycles. The van der Waals surface area contributed by atoms with Crippen molar-refractivity contribution in [1.82, 2.24) is 0 Å². The van der Waals surface area contributed by atoms with E-state index in [1.54, 1.807) is 18.2 Å². The molecule has 0 fully saturated rings. The normalized spacial score (nSPS) is 10.9. The van der Waals surface area contributed by atoms with Crippen LogP contribution in [0.5, 0.6) is 23.0 Å². The third-order valence-electron chi connectivity index (χ3n) is 2.47. The van der Waals surface area contributed by atoms with Crippen LogP contribution in [0.1, 0.15) is 11.1 Å². The SMILES string of the molecule is Oc1ccc(C=Cc2cc(O)ccc2O)c(O)c1. The van der Waals surface area contributed by atoms with E-state index < -0.39 is 0 Å². The highest BCUT2D eigenvalue weighted by molar-refractivity contribution is 5.75. The lowest BCUT2D eigenvalue weighted by Gasteiger charge is -2.01. The lowest BCUT2D eigenvalue weighted by molar-refractivity contribution is 0.450. The first-order valence-corrected chi connectivity index (χ1v) is 5.28. The van der Waals surface area contributed by atoms with Crippen molar-refractivity contribution in [2.75, 3.05) is 0 Å². The Bertz CT molecular complexity index is 603. The Labute approximate surface area is 104 Å². The molecule has 0 aliphatic rings. The molecule has 4 heteroatoms. The van der Waals surface area contributed by atoms with Gasteiger partial charge in [0.1, 0.15) is 23.0 Å². The van der Waals surface area contributed by atoms with Gasteiger partial charge >= 0.3 is 0 Å². The molecule has 0 aliphatic heterocycles. The summed E-state index contributed by atoms with van der Waals surface area (Å²) in [6, 6.07) is 8.38. The molecular formula is C14H12O4. The van der Waals surface area contributed by atoms with Gasteiger partial charge in [-0.05, 0) is 30.3 Å². The quantitative estimate of drug-likeness (QED) is 0.483. The van der Waals surface area contributed by atoms with Crippen LogP contribution >= 0.6 is 0 Å². The Morgan fingerprint density at radius 3 is 1.94 bits per heavy atom. The van der Waals surface area contributed by atoms with Crippen molar-refractivity contribution in [3.63, 3.8) is 0 Å². The topological polar surface area (TPSA) is 80.9 Å². The summed E-state index contributed by atoms with van der Waals surface area (Å²) in [5, 5.41) is 37.6. The summed E-state index contributed by atoms with van der Waals surface area (Å²) in [7, 11) is 0. The average Bonchev–Trinajstić information content (AvgIpc) is 2.32. The highest BCUT2D eigenvalue weighted by Crippen LogP contribution is 2.27. The van der Waals surface area contributed by atoms with Crippen LogP contribution in [0.2, 0.25) is 0 Å². The Morgan fingerprint density at radius 1 is 0.611 bits per heavy atom. The molecule has 0 spiro atoms. The van der Waals surface area contributed by atoms with Crippen molar-refractivity contribution >= 4 is 12.2 Å². The van der Waals surface area contributed by atoms with Crippen LogP contribution in [0, 0.1) is 0 Å². The van der Waals surface area contributed by atoms with Crippen molar-refractivity contribution in [2.45, 2.75) is 0 Å². The smallest absolute Gasteiger partial charge is 0.126 e. The minimum absolute atomic E-state index is 0.0233. The van der Waals surface area contributed by atoms with E-state index in [0.29, 0.717) is 11.1 Å². The monoisotopic (exact) mass is 244 g/mol. The van der Waals surface area contributed by atoms with Crippen LogP contribution < -0.4 is 0 Å². The van der Waals surface area contributed by atoms with E-state index in [9.17, 15) is 15.3 Å². The number of rotatable bonds is 2. The van der Waals surface area contributed by atoms with Gasteiger partial charge in [-0.25, -0.2) is 0 Å². The zero-order valence-electron chi connectivity index (χ0n) is 9.41. The van der Waals surface area contributed by atoms with Crippen molar-refractivity contribution in [2.24, 2.45) is 0 Å². The molecule has 18 heavy (non-hydrogen) atoms. The Hall–Kier alpha value is -2.62. The number of phenolic OH excluding ortho intramolecular Hbond substituents is 4.